The van der Waals surface area contributed by atoms with Crippen LogP contribution in [0.15, 0.2) is 0 Å². The molecule has 0 saturated carbocycles. The van der Waals surface area contributed by atoms with Crippen LogP contribution in [-0.4, -0.2) is 72.2 Å². The van der Waals surface area contributed by atoms with E-state index in [1.54, 1.807) is 0 Å². The van der Waals surface area contributed by atoms with Crippen LogP contribution < -0.4 is 0 Å². The number of esters is 2. The predicted octanol–water partition coefficient (Wildman–Crippen LogP) is 1.43. The summed E-state index contributed by atoms with van der Waals surface area (Å²) in [4.78, 5) is 28.3. The summed E-state index contributed by atoms with van der Waals surface area (Å²) in [6.45, 7) is 7.43. The molecule has 6 aliphatic heterocycles. The van der Waals surface area contributed by atoms with E-state index in [2.05, 4.69) is 9.80 Å². The molecule has 6 saturated heterocycles. The highest BCUT2D eigenvalue weighted by Gasteiger charge is 2.50. The average molecular weight is 350 g/mol. The Hall–Kier alpha value is -1.14. The summed E-state index contributed by atoms with van der Waals surface area (Å²) >= 11 is 0. The Balaban J connectivity index is 1.53. The molecule has 6 rings (SSSR count). The van der Waals surface area contributed by atoms with Gasteiger partial charge in [-0.25, -0.2) is 0 Å². The fourth-order valence-corrected chi connectivity index (χ4v) is 5.75. The van der Waals surface area contributed by atoms with Crippen LogP contribution >= 0.6 is 0 Å². The first-order valence-corrected chi connectivity index (χ1v) is 9.85. The average Bonchev–Trinajstić information content (AvgIpc) is 2.59. The van der Waals surface area contributed by atoms with E-state index in [0.29, 0.717) is 11.8 Å². The molecule has 4 unspecified atom stereocenters. The van der Waals surface area contributed by atoms with Crippen molar-refractivity contribution in [1.29, 1.82) is 0 Å². The minimum atomic E-state index is -0.175. The number of hydrogen-bond donors (Lipinski definition) is 0. The Morgan fingerprint density at radius 1 is 0.760 bits per heavy atom. The van der Waals surface area contributed by atoms with Crippen molar-refractivity contribution in [2.45, 2.75) is 70.2 Å². The normalized spacial score (nSPS) is 45.2. The van der Waals surface area contributed by atoms with Crippen LogP contribution in [0.3, 0.4) is 0 Å². The van der Waals surface area contributed by atoms with Gasteiger partial charge in [0.25, 0.3) is 0 Å². The second-order valence-corrected chi connectivity index (χ2v) is 8.27. The number of fused-ring (bicyclic) bond motifs is 6. The van der Waals surface area contributed by atoms with Gasteiger partial charge in [-0.15, -0.1) is 0 Å². The number of carbonyl (C=O) groups excluding carboxylic acids is 2. The Morgan fingerprint density at radius 2 is 1.12 bits per heavy atom. The van der Waals surface area contributed by atoms with Crippen molar-refractivity contribution in [2.24, 2.45) is 11.8 Å². The first kappa shape index (κ1) is 17.3. The summed E-state index contributed by atoms with van der Waals surface area (Å²) in [6, 6.07) is 0.526. The van der Waals surface area contributed by atoms with E-state index in [9.17, 15) is 9.59 Å². The molecule has 0 N–H and O–H groups in total. The quantitative estimate of drug-likeness (QED) is 0.715. The van der Waals surface area contributed by atoms with Crippen molar-refractivity contribution in [3.05, 3.63) is 0 Å². The fraction of sp³-hybridized carbons (Fsp3) is 0.895. The van der Waals surface area contributed by atoms with Crippen LogP contribution in [0.4, 0.5) is 0 Å². The molecule has 0 radical (unpaired) electrons. The molecule has 4 atom stereocenters. The molecule has 0 aromatic heterocycles. The van der Waals surface area contributed by atoms with Crippen LogP contribution in [0.2, 0.25) is 0 Å². The minimum Gasteiger partial charge on any atom is -0.461 e. The molecule has 6 aliphatic rings. The lowest BCUT2D eigenvalue weighted by molar-refractivity contribution is -0.175. The molecule has 0 aromatic carbocycles. The molecule has 0 aromatic rings. The number of ether oxygens (including phenoxy) is 2. The number of rotatable bonds is 4. The Morgan fingerprint density at radius 3 is 1.44 bits per heavy atom. The van der Waals surface area contributed by atoms with Gasteiger partial charge in [0.15, 0.2) is 0 Å². The van der Waals surface area contributed by atoms with Gasteiger partial charge in [0, 0.05) is 25.9 Å². The Labute approximate surface area is 149 Å². The van der Waals surface area contributed by atoms with Crippen LogP contribution in [-0.2, 0) is 19.1 Å². The smallest absolute Gasteiger partial charge is 0.302 e. The maximum absolute atomic E-state index is 11.6. The standard InChI is InChI=1S/C19H30N2O4/c1-12(22)24-18-14-3-7-20(8-4-14)16(18)11-17-19(25-13(2)23)15-5-9-21(17)10-6-15/h14-19H,3-11H2,1-2H3. The maximum Gasteiger partial charge on any atom is 0.302 e. The van der Waals surface area contributed by atoms with Crippen molar-refractivity contribution in [3.8, 4) is 0 Å². The molecular weight excluding hydrogens is 320 g/mol. The molecule has 6 nitrogen and oxygen atoms in total. The highest BCUT2D eigenvalue weighted by molar-refractivity contribution is 5.66. The zero-order valence-corrected chi connectivity index (χ0v) is 15.4. The fourth-order valence-electron chi connectivity index (χ4n) is 5.75. The lowest BCUT2D eigenvalue weighted by atomic mass is 9.73. The largest absolute Gasteiger partial charge is 0.461 e. The molecule has 6 fully saturated rings. The topological polar surface area (TPSA) is 59.1 Å². The maximum atomic E-state index is 11.6. The van der Waals surface area contributed by atoms with Gasteiger partial charge < -0.3 is 9.47 Å². The van der Waals surface area contributed by atoms with E-state index in [4.69, 9.17) is 9.47 Å². The third-order valence-corrected chi connectivity index (χ3v) is 6.86. The highest BCUT2D eigenvalue weighted by Crippen LogP contribution is 2.41. The van der Waals surface area contributed by atoms with Crippen molar-refractivity contribution >= 4 is 11.9 Å². The molecule has 25 heavy (non-hydrogen) atoms. The Bertz CT molecular complexity index is 478. The van der Waals surface area contributed by atoms with Crippen molar-refractivity contribution in [1.82, 2.24) is 9.80 Å². The SMILES string of the molecule is CC(=O)OC1C2CCN(CC2)C1CC1C(OC(C)=O)C2CCN1CC2. The first-order valence-electron chi connectivity index (χ1n) is 9.85. The molecule has 0 aliphatic carbocycles. The molecule has 0 spiro atoms. The summed E-state index contributed by atoms with van der Waals surface area (Å²) in [5, 5.41) is 0. The first-order chi connectivity index (χ1) is 12.0. The van der Waals surface area contributed by atoms with E-state index in [-0.39, 0.29) is 36.2 Å². The summed E-state index contributed by atoms with van der Waals surface area (Å²) in [5.74, 6) is 0.625. The van der Waals surface area contributed by atoms with Crippen LogP contribution in [0.1, 0.15) is 46.0 Å². The predicted molar refractivity (Wildman–Crippen MR) is 91.9 cm³/mol. The molecule has 0 amide bonds. The summed E-state index contributed by atoms with van der Waals surface area (Å²) in [6.07, 6.45) is 5.43. The number of hydrogen-bond acceptors (Lipinski definition) is 6. The molecule has 6 heterocycles. The lowest BCUT2D eigenvalue weighted by Gasteiger charge is -2.55. The molecule has 4 bridgehead atoms. The molecule has 6 heteroatoms. The van der Waals surface area contributed by atoms with Gasteiger partial charge >= 0.3 is 11.9 Å². The van der Waals surface area contributed by atoms with Gasteiger partial charge in [0.1, 0.15) is 12.2 Å². The number of piperidine rings is 6. The van der Waals surface area contributed by atoms with Gasteiger partial charge in [-0.3, -0.25) is 19.4 Å². The zero-order valence-electron chi connectivity index (χ0n) is 15.4. The van der Waals surface area contributed by atoms with E-state index >= 15 is 0 Å². The monoisotopic (exact) mass is 350 g/mol. The number of nitrogens with zero attached hydrogens (tertiary/aromatic N) is 2. The van der Waals surface area contributed by atoms with Gasteiger partial charge in [-0.2, -0.15) is 0 Å². The van der Waals surface area contributed by atoms with Gasteiger partial charge in [-0.1, -0.05) is 0 Å². The lowest BCUT2D eigenvalue weighted by Crippen LogP contribution is -2.65. The van der Waals surface area contributed by atoms with Gasteiger partial charge in [0.2, 0.25) is 0 Å². The van der Waals surface area contributed by atoms with Crippen LogP contribution in [0.25, 0.3) is 0 Å². The Kier molecular flexibility index (Phi) is 4.75. The van der Waals surface area contributed by atoms with Crippen molar-refractivity contribution < 1.29 is 19.1 Å². The van der Waals surface area contributed by atoms with E-state index < -0.39 is 0 Å². The second-order valence-electron chi connectivity index (χ2n) is 8.27. The van der Waals surface area contributed by atoms with Crippen molar-refractivity contribution in [2.75, 3.05) is 26.2 Å². The molecular formula is C19H30N2O4. The summed E-state index contributed by atoms with van der Waals surface area (Å²) in [5.41, 5.74) is 0. The summed E-state index contributed by atoms with van der Waals surface area (Å²) in [7, 11) is 0. The van der Waals surface area contributed by atoms with Crippen LogP contribution in [0, 0.1) is 11.8 Å². The van der Waals surface area contributed by atoms with E-state index in [0.717, 1.165) is 58.3 Å². The van der Waals surface area contributed by atoms with Crippen molar-refractivity contribution in [3.63, 3.8) is 0 Å². The van der Waals surface area contributed by atoms with Gasteiger partial charge in [0.05, 0.1) is 0 Å². The minimum absolute atomic E-state index is 0.000342. The highest BCUT2D eigenvalue weighted by atomic mass is 16.5. The number of carbonyl (C=O) groups is 2. The third kappa shape index (κ3) is 3.31. The second kappa shape index (κ2) is 6.88. The zero-order chi connectivity index (χ0) is 17.6. The van der Waals surface area contributed by atoms with E-state index in [1.807, 2.05) is 0 Å². The van der Waals surface area contributed by atoms with E-state index in [1.165, 1.54) is 13.8 Å². The summed E-state index contributed by atoms with van der Waals surface area (Å²) < 4.78 is 11.5. The molecule has 140 valence electrons. The third-order valence-electron chi connectivity index (χ3n) is 6.86. The van der Waals surface area contributed by atoms with Gasteiger partial charge in [-0.05, 0) is 70.1 Å². The van der Waals surface area contributed by atoms with Crippen LogP contribution in [0.5, 0.6) is 0 Å².